The summed E-state index contributed by atoms with van der Waals surface area (Å²) in [6.45, 7) is 8.19. The maximum absolute atomic E-state index is 13.4. The van der Waals surface area contributed by atoms with Crippen LogP contribution in [0.25, 0.3) is 0 Å². The van der Waals surface area contributed by atoms with E-state index in [1.165, 1.54) is 26.4 Å². The van der Waals surface area contributed by atoms with Crippen LogP contribution in [-0.2, 0) is 20.7 Å². The van der Waals surface area contributed by atoms with Crippen molar-refractivity contribution in [2.75, 3.05) is 30.7 Å². The number of rotatable bonds is 11. The number of anilines is 1. The standard InChI is InChI=1S/C21H31ClN4O3S2Si/c1-32(2,3)14-13-29-17-26(31(27,28)25-11-7-8-12-25)20-15-19(22)23-21(24-20)30-16-18-9-5-4-6-10-18/h4-6,9-10,15H,7-8,11-14,16-17H2,1-3H3. The molecule has 0 amide bonds. The zero-order chi connectivity index (χ0) is 23.2. The average molecular weight is 515 g/mol. The predicted octanol–water partition coefficient (Wildman–Crippen LogP) is 4.88. The molecule has 176 valence electrons. The normalized spacial score (nSPS) is 15.2. The zero-order valence-electron chi connectivity index (χ0n) is 18.8. The first-order valence-electron chi connectivity index (χ1n) is 10.7. The largest absolute Gasteiger partial charge is 0.360 e. The summed E-state index contributed by atoms with van der Waals surface area (Å²) < 4.78 is 35.3. The summed E-state index contributed by atoms with van der Waals surface area (Å²) in [5.74, 6) is 0.895. The van der Waals surface area contributed by atoms with E-state index in [1.807, 2.05) is 30.3 Å². The van der Waals surface area contributed by atoms with Crippen molar-refractivity contribution in [3.8, 4) is 0 Å². The first-order chi connectivity index (χ1) is 15.1. The minimum atomic E-state index is -3.78. The van der Waals surface area contributed by atoms with Crippen LogP contribution in [0.1, 0.15) is 18.4 Å². The highest BCUT2D eigenvalue weighted by Crippen LogP contribution is 2.28. The van der Waals surface area contributed by atoms with Gasteiger partial charge >= 0.3 is 10.2 Å². The van der Waals surface area contributed by atoms with E-state index in [1.54, 1.807) is 0 Å². The predicted molar refractivity (Wildman–Crippen MR) is 134 cm³/mol. The molecule has 1 aromatic heterocycles. The summed E-state index contributed by atoms with van der Waals surface area (Å²) in [6.07, 6.45) is 1.71. The molecule has 11 heteroatoms. The third-order valence-corrected chi connectivity index (χ3v) is 9.69. The van der Waals surface area contributed by atoms with Crippen LogP contribution in [0.3, 0.4) is 0 Å². The highest BCUT2D eigenvalue weighted by Gasteiger charge is 2.33. The second-order valence-electron chi connectivity index (χ2n) is 8.92. The van der Waals surface area contributed by atoms with E-state index >= 15 is 0 Å². The lowest BCUT2D eigenvalue weighted by Crippen LogP contribution is -2.44. The molecular formula is C21H31ClN4O3S2Si. The number of thioether (sulfide) groups is 1. The highest BCUT2D eigenvalue weighted by atomic mass is 35.5. The van der Waals surface area contributed by atoms with Crippen molar-refractivity contribution in [2.45, 2.75) is 49.4 Å². The van der Waals surface area contributed by atoms with Crippen molar-refractivity contribution >= 4 is 47.5 Å². The lowest BCUT2D eigenvalue weighted by molar-refractivity contribution is 0.155. The average Bonchev–Trinajstić information content (AvgIpc) is 3.27. The molecule has 0 N–H and O–H groups in total. The van der Waals surface area contributed by atoms with Crippen LogP contribution in [0.15, 0.2) is 41.6 Å². The van der Waals surface area contributed by atoms with Gasteiger partial charge in [0.05, 0.1) is 0 Å². The van der Waals surface area contributed by atoms with Crippen LogP contribution in [0.4, 0.5) is 5.82 Å². The molecule has 32 heavy (non-hydrogen) atoms. The molecule has 0 bridgehead atoms. The minimum Gasteiger partial charge on any atom is -0.360 e. The van der Waals surface area contributed by atoms with Gasteiger partial charge in [-0.25, -0.2) is 14.3 Å². The van der Waals surface area contributed by atoms with Crippen LogP contribution in [-0.4, -0.2) is 57.2 Å². The van der Waals surface area contributed by atoms with E-state index in [-0.39, 0.29) is 17.7 Å². The molecule has 1 fully saturated rings. The molecule has 0 spiro atoms. The lowest BCUT2D eigenvalue weighted by Gasteiger charge is -2.28. The Morgan fingerprint density at radius 2 is 1.84 bits per heavy atom. The van der Waals surface area contributed by atoms with Crippen LogP contribution in [0, 0.1) is 0 Å². The van der Waals surface area contributed by atoms with Crippen LogP contribution in [0.5, 0.6) is 0 Å². The van der Waals surface area contributed by atoms with Gasteiger partial charge in [-0.1, -0.05) is 73.3 Å². The highest BCUT2D eigenvalue weighted by molar-refractivity contribution is 7.98. The van der Waals surface area contributed by atoms with Crippen molar-refractivity contribution < 1.29 is 13.2 Å². The van der Waals surface area contributed by atoms with E-state index in [9.17, 15) is 8.42 Å². The summed E-state index contributed by atoms with van der Waals surface area (Å²) in [5, 5.41) is 0.634. The molecule has 0 radical (unpaired) electrons. The Labute approximate surface area is 201 Å². The molecule has 7 nitrogen and oxygen atoms in total. The van der Waals surface area contributed by atoms with Gasteiger partial charge in [0.2, 0.25) is 0 Å². The van der Waals surface area contributed by atoms with Gasteiger partial charge in [0, 0.05) is 39.6 Å². The lowest BCUT2D eigenvalue weighted by atomic mass is 10.2. The number of hydrogen-bond acceptors (Lipinski definition) is 6. The second-order valence-corrected chi connectivity index (χ2v) is 17.7. The van der Waals surface area contributed by atoms with Crippen molar-refractivity contribution in [3.05, 3.63) is 47.1 Å². The van der Waals surface area contributed by atoms with Gasteiger partial charge in [0.25, 0.3) is 0 Å². The fraction of sp³-hybridized carbons (Fsp3) is 0.524. The van der Waals surface area contributed by atoms with Gasteiger partial charge in [-0.15, -0.1) is 0 Å². The number of halogens is 1. The van der Waals surface area contributed by atoms with Crippen LogP contribution < -0.4 is 4.31 Å². The fourth-order valence-corrected chi connectivity index (χ4v) is 6.46. The Morgan fingerprint density at radius 1 is 1.16 bits per heavy atom. The third-order valence-electron chi connectivity index (χ3n) is 5.00. The number of nitrogens with zero attached hydrogens (tertiary/aromatic N) is 4. The summed E-state index contributed by atoms with van der Waals surface area (Å²) in [5.41, 5.74) is 1.12. The maximum Gasteiger partial charge on any atom is 0.307 e. The molecule has 0 atom stereocenters. The molecule has 1 aliphatic rings. The molecule has 1 saturated heterocycles. The second kappa shape index (κ2) is 11.3. The summed E-state index contributed by atoms with van der Waals surface area (Å²) in [4.78, 5) is 8.82. The van der Waals surface area contributed by atoms with Gasteiger partial charge in [0.1, 0.15) is 11.9 Å². The van der Waals surface area contributed by atoms with E-state index in [0.29, 0.717) is 30.6 Å². The maximum atomic E-state index is 13.4. The van der Waals surface area contributed by atoms with E-state index < -0.39 is 18.3 Å². The quantitative estimate of drug-likeness (QED) is 0.106. The molecule has 1 aromatic carbocycles. The van der Waals surface area contributed by atoms with Crippen molar-refractivity contribution in [3.63, 3.8) is 0 Å². The van der Waals surface area contributed by atoms with E-state index in [0.717, 1.165) is 24.4 Å². The molecule has 3 rings (SSSR count). The van der Waals surface area contributed by atoms with Crippen molar-refractivity contribution in [1.82, 2.24) is 14.3 Å². The van der Waals surface area contributed by atoms with Gasteiger partial charge in [-0.05, 0) is 24.4 Å². The topological polar surface area (TPSA) is 75.6 Å². The van der Waals surface area contributed by atoms with Gasteiger partial charge in [-0.2, -0.15) is 12.7 Å². The van der Waals surface area contributed by atoms with Gasteiger partial charge in [-0.3, -0.25) is 0 Å². The van der Waals surface area contributed by atoms with Crippen molar-refractivity contribution in [1.29, 1.82) is 0 Å². The smallest absolute Gasteiger partial charge is 0.307 e. The minimum absolute atomic E-state index is 0.0978. The molecule has 2 aromatic rings. The first kappa shape index (κ1) is 25.4. The first-order valence-corrected chi connectivity index (χ1v) is 17.2. The van der Waals surface area contributed by atoms with E-state index in [4.69, 9.17) is 16.3 Å². The summed E-state index contributed by atoms with van der Waals surface area (Å²) in [6, 6.07) is 12.4. The number of aromatic nitrogens is 2. The number of hydrogen-bond donors (Lipinski definition) is 0. The SMILES string of the molecule is C[Si](C)(C)CCOCN(c1cc(Cl)nc(SCc2ccccc2)n1)S(=O)(=O)N1CCCC1. The monoisotopic (exact) mass is 514 g/mol. The molecule has 0 aliphatic carbocycles. The molecule has 2 heterocycles. The summed E-state index contributed by atoms with van der Waals surface area (Å²) >= 11 is 7.69. The molecule has 0 saturated carbocycles. The number of benzene rings is 1. The molecule has 0 unspecified atom stereocenters. The molecular weight excluding hydrogens is 484 g/mol. The van der Waals surface area contributed by atoms with E-state index in [2.05, 4.69) is 29.6 Å². The fourth-order valence-electron chi connectivity index (χ4n) is 3.13. The Morgan fingerprint density at radius 3 is 2.50 bits per heavy atom. The Kier molecular flexibility index (Phi) is 8.99. The number of ether oxygens (including phenoxy) is 1. The van der Waals surface area contributed by atoms with Crippen LogP contribution >= 0.6 is 23.4 Å². The Balaban J connectivity index is 1.81. The molecule has 1 aliphatic heterocycles. The Bertz CT molecular complexity index is 984. The third kappa shape index (κ3) is 7.43. The van der Waals surface area contributed by atoms with Gasteiger partial charge < -0.3 is 4.74 Å². The zero-order valence-corrected chi connectivity index (χ0v) is 22.2. The van der Waals surface area contributed by atoms with Crippen LogP contribution in [0.2, 0.25) is 30.8 Å². The van der Waals surface area contributed by atoms with Crippen molar-refractivity contribution in [2.24, 2.45) is 0 Å². The Hall–Kier alpha value is -1.17. The van der Waals surface area contributed by atoms with Gasteiger partial charge in [0.15, 0.2) is 11.0 Å². The summed E-state index contributed by atoms with van der Waals surface area (Å²) in [7, 11) is -5.07.